The first-order chi connectivity index (χ1) is 14.2. The van der Waals surface area contributed by atoms with Gasteiger partial charge >= 0.3 is 0 Å². The van der Waals surface area contributed by atoms with Crippen molar-refractivity contribution in [3.63, 3.8) is 0 Å². The highest BCUT2D eigenvalue weighted by atomic mass is 35.5. The normalized spacial score (nSPS) is 13.2. The zero-order valence-corrected chi connectivity index (χ0v) is 19.2. The van der Waals surface area contributed by atoms with Gasteiger partial charge in [-0.05, 0) is 49.7 Å². The Kier molecular flexibility index (Phi) is 8.88. The molecular weight excluding hydrogens is 398 g/mol. The molecule has 0 spiro atoms. The van der Waals surface area contributed by atoms with Gasteiger partial charge in [-0.25, -0.2) is 0 Å². The van der Waals surface area contributed by atoms with Gasteiger partial charge in [0.1, 0.15) is 6.04 Å². The van der Waals surface area contributed by atoms with Crippen LogP contribution in [0.2, 0.25) is 5.02 Å². The van der Waals surface area contributed by atoms with Crippen LogP contribution in [0.5, 0.6) is 0 Å². The lowest BCUT2D eigenvalue weighted by Crippen LogP contribution is -2.51. The predicted octanol–water partition coefficient (Wildman–Crippen LogP) is 4.08. The molecule has 0 saturated heterocycles. The van der Waals surface area contributed by atoms with E-state index in [0.29, 0.717) is 17.1 Å². The summed E-state index contributed by atoms with van der Waals surface area (Å²) < 4.78 is 0. The number of benzene rings is 2. The smallest absolute Gasteiger partial charge is 0.253 e. The second kappa shape index (κ2) is 11.1. The Morgan fingerprint density at radius 3 is 2.20 bits per heavy atom. The van der Waals surface area contributed by atoms with Gasteiger partial charge in [0.05, 0.1) is 16.6 Å². The Labute approximate surface area is 184 Å². The van der Waals surface area contributed by atoms with Gasteiger partial charge in [-0.3, -0.25) is 9.59 Å². The number of carbonyl (C=O) groups is 2. The summed E-state index contributed by atoms with van der Waals surface area (Å²) in [4.78, 5) is 27.6. The molecule has 5 nitrogen and oxygen atoms in total. The molecule has 0 aliphatic heterocycles. The van der Waals surface area contributed by atoms with E-state index in [0.717, 1.165) is 12.0 Å². The Balaban J connectivity index is 2.07. The number of hydrogen-bond donors (Lipinski definition) is 2. The first-order valence-corrected chi connectivity index (χ1v) is 10.7. The first-order valence-electron chi connectivity index (χ1n) is 10.3. The summed E-state index contributed by atoms with van der Waals surface area (Å²) in [6.45, 7) is 6.39. The fraction of sp³-hybridized carbons (Fsp3) is 0.417. The Morgan fingerprint density at radius 1 is 1.03 bits per heavy atom. The van der Waals surface area contributed by atoms with Crippen molar-refractivity contribution in [3.8, 4) is 0 Å². The van der Waals surface area contributed by atoms with Crippen molar-refractivity contribution in [1.82, 2.24) is 15.5 Å². The molecule has 0 aliphatic rings. The molecule has 0 bridgehead atoms. The van der Waals surface area contributed by atoms with Gasteiger partial charge in [0.2, 0.25) is 5.91 Å². The van der Waals surface area contributed by atoms with E-state index >= 15 is 0 Å². The Hall–Kier alpha value is -2.37. The van der Waals surface area contributed by atoms with Crippen molar-refractivity contribution in [1.29, 1.82) is 0 Å². The molecule has 2 rings (SSSR count). The second-order valence-electron chi connectivity index (χ2n) is 7.99. The lowest BCUT2D eigenvalue weighted by Gasteiger charge is -2.27. The fourth-order valence-electron chi connectivity index (χ4n) is 3.28. The molecule has 0 aliphatic carbocycles. The van der Waals surface area contributed by atoms with Crippen LogP contribution >= 0.6 is 11.6 Å². The van der Waals surface area contributed by atoms with Crippen LogP contribution in [0.4, 0.5) is 0 Å². The average Bonchev–Trinajstić information content (AvgIpc) is 2.72. The molecule has 2 aromatic rings. The quantitative estimate of drug-likeness (QED) is 0.631. The maximum absolute atomic E-state index is 12.9. The van der Waals surface area contributed by atoms with Gasteiger partial charge in [-0.15, -0.1) is 0 Å². The fourth-order valence-corrected chi connectivity index (χ4v) is 3.50. The number of amides is 2. The number of carbonyl (C=O) groups excluding carboxylic acids is 2. The number of rotatable bonds is 9. The number of nitrogens with zero attached hydrogens (tertiary/aromatic N) is 1. The van der Waals surface area contributed by atoms with Crippen molar-refractivity contribution in [3.05, 3.63) is 70.2 Å². The molecule has 0 radical (unpaired) electrons. The van der Waals surface area contributed by atoms with Crippen LogP contribution in [0, 0.1) is 5.92 Å². The highest BCUT2D eigenvalue weighted by molar-refractivity contribution is 6.33. The minimum absolute atomic E-state index is 0.0342. The van der Waals surface area contributed by atoms with Crippen LogP contribution in [0.15, 0.2) is 48.5 Å². The molecule has 0 aromatic heterocycles. The number of halogens is 1. The van der Waals surface area contributed by atoms with Crippen molar-refractivity contribution < 1.29 is 9.59 Å². The molecular formula is C24H32ClN3O2. The number of hydrogen-bond acceptors (Lipinski definition) is 3. The summed E-state index contributed by atoms with van der Waals surface area (Å²) in [5.74, 6) is -0.630. The van der Waals surface area contributed by atoms with Gasteiger partial charge in [0.25, 0.3) is 5.91 Å². The SMILES string of the molecule is CCc1ccc([C@@H](CNC(=O)[C@@H](NC(=O)c2ccccc2Cl)C(C)C)N(C)C)cc1. The molecule has 2 N–H and O–H groups in total. The summed E-state index contributed by atoms with van der Waals surface area (Å²) in [5, 5.41) is 6.21. The molecule has 0 heterocycles. The largest absolute Gasteiger partial charge is 0.352 e. The minimum atomic E-state index is -0.654. The lowest BCUT2D eigenvalue weighted by molar-refractivity contribution is -0.124. The lowest BCUT2D eigenvalue weighted by atomic mass is 10.0. The Bertz CT molecular complexity index is 850. The molecule has 162 valence electrons. The van der Waals surface area contributed by atoms with Gasteiger partial charge < -0.3 is 15.5 Å². The Morgan fingerprint density at radius 2 is 1.67 bits per heavy atom. The van der Waals surface area contributed by atoms with Crippen molar-refractivity contribution in [2.75, 3.05) is 20.6 Å². The molecule has 2 atom stereocenters. The average molecular weight is 430 g/mol. The predicted molar refractivity (Wildman–Crippen MR) is 123 cm³/mol. The summed E-state index contributed by atoms with van der Waals surface area (Å²) in [5.41, 5.74) is 2.78. The van der Waals surface area contributed by atoms with Gasteiger partial charge in [0, 0.05) is 6.54 Å². The van der Waals surface area contributed by atoms with Crippen molar-refractivity contribution in [2.24, 2.45) is 5.92 Å². The first kappa shape index (κ1) is 23.9. The molecule has 30 heavy (non-hydrogen) atoms. The monoisotopic (exact) mass is 429 g/mol. The van der Waals surface area contributed by atoms with Crippen molar-refractivity contribution in [2.45, 2.75) is 39.3 Å². The second-order valence-corrected chi connectivity index (χ2v) is 8.40. The van der Waals surface area contributed by atoms with E-state index in [1.54, 1.807) is 24.3 Å². The topological polar surface area (TPSA) is 61.4 Å². The molecule has 6 heteroatoms. The number of nitrogens with one attached hydrogen (secondary N) is 2. The highest BCUT2D eigenvalue weighted by Crippen LogP contribution is 2.19. The van der Waals surface area contributed by atoms with E-state index < -0.39 is 6.04 Å². The standard InChI is InChI=1S/C24H32ClN3O2/c1-6-17-11-13-18(14-12-17)21(28(4)5)15-26-24(30)22(16(2)3)27-23(29)19-9-7-8-10-20(19)25/h7-14,16,21-22H,6,15H2,1-5H3,(H,26,30)(H,27,29)/t21-,22+/m1/s1. The molecule has 2 amide bonds. The van der Waals surface area contributed by atoms with Gasteiger partial charge in [-0.1, -0.05) is 68.8 Å². The van der Waals surface area contributed by atoms with Crippen LogP contribution in [0.3, 0.4) is 0 Å². The maximum Gasteiger partial charge on any atom is 0.253 e. The minimum Gasteiger partial charge on any atom is -0.352 e. The van der Waals surface area contributed by atoms with Gasteiger partial charge in [-0.2, -0.15) is 0 Å². The third kappa shape index (κ3) is 6.31. The van der Waals surface area contributed by atoms with Crippen LogP contribution in [0.25, 0.3) is 0 Å². The van der Waals surface area contributed by atoms with Gasteiger partial charge in [0.15, 0.2) is 0 Å². The summed E-state index contributed by atoms with van der Waals surface area (Å²) in [6.07, 6.45) is 0.991. The third-order valence-corrected chi connectivity index (χ3v) is 5.55. The summed E-state index contributed by atoms with van der Waals surface area (Å²) in [6, 6.07) is 14.6. The zero-order valence-electron chi connectivity index (χ0n) is 18.4. The van der Waals surface area contributed by atoms with Crippen LogP contribution in [-0.4, -0.2) is 43.4 Å². The van der Waals surface area contributed by atoms with E-state index in [2.05, 4.69) is 46.7 Å². The number of likely N-dealkylation sites (N-methyl/N-ethyl adjacent to an activating group) is 1. The zero-order chi connectivity index (χ0) is 22.3. The van der Waals surface area contributed by atoms with E-state index in [4.69, 9.17) is 11.6 Å². The summed E-state index contributed by atoms with van der Waals surface area (Å²) in [7, 11) is 3.98. The number of aryl methyl sites for hydroxylation is 1. The van der Waals surface area contributed by atoms with E-state index in [1.165, 1.54) is 5.56 Å². The van der Waals surface area contributed by atoms with Crippen molar-refractivity contribution >= 4 is 23.4 Å². The third-order valence-electron chi connectivity index (χ3n) is 5.22. The molecule has 0 saturated carbocycles. The molecule has 0 fully saturated rings. The van der Waals surface area contributed by atoms with Crippen LogP contribution in [0.1, 0.15) is 48.3 Å². The van der Waals surface area contributed by atoms with E-state index in [9.17, 15) is 9.59 Å². The van der Waals surface area contributed by atoms with Crippen LogP contribution in [-0.2, 0) is 11.2 Å². The molecule has 0 unspecified atom stereocenters. The highest BCUT2D eigenvalue weighted by Gasteiger charge is 2.26. The maximum atomic E-state index is 12.9. The molecule has 2 aromatic carbocycles. The van der Waals surface area contributed by atoms with Crippen LogP contribution < -0.4 is 10.6 Å². The summed E-state index contributed by atoms with van der Waals surface area (Å²) >= 11 is 6.12. The van der Waals surface area contributed by atoms with E-state index in [-0.39, 0.29) is 23.8 Å². The van der Waals surface area contributed by atoms with E-state index in [1.807, 2.05) is 27.9 Å².